The molecule has 0 spiro atoms. The summed E-state index contributed by atoms with van der Waals surface area (Å²) in [6, 6.07) is 4.21. The Bertz CT molecular complexity index is 296. The van der Waals surface area contributed by atoms with Crippen molar-refractivity contribution >= 4 is 0 Å². The van der Waals surface area contributed by atoms with Crippen LogP contribution in [0.5, 0.6) is 0 Å². The Morgan fingerprint density at radius 2 is 1.16 bits per heavy atom. The van der Waals surface area contributed by atoms with Gasteiger partial charge >= 0.3 is 0 Å². The van der Waals surface area contributed by atoms with Crippen LogP contribution in [0.1, 0.15) is 51.4 Å². The second-order valence-electron chi connectivity index (χ2n) is 6.76. The molecule has 0 aromatic carbocycles. The van der Waals surface area contributed by atoms with E-state index in [9.17, 15) is 0 Å². The van der Waals surface area contributed by atoms with Crippen molar-refractivity contribution in [1.82, 2.24) is 4.57 Å². The van der Waals surface area contributed by atoms with Crippen molar-refractivity contribution < 1.29 is 4.48 Å². The van der Waals surface area contributed by atoms with E-state index < -0.39 is 0 Å². The summed E-state index contributed by atoms with van der Waals surface area (Å²) in [6.45, 7) is 2.51. The fourth-order valence-electron chi connectivity index (χ4n) is 2.46. The van der Waals surface area contributed by atoms with Gasteiger partial charge in [-0.25, -0.2) is 0 Å². The molecule has 1 aromatic rings. The molecular weight excluding hydrogens is 232 g/mol. The smallest absolute Gasteiger partial charge is 0.0780 e. The van der Waals surface area contributed by atoms with E-state index in [2.05, 4.69) is 50.2 Å². The Balaban J connectivity index is 1.79. The molecule has 0 fully saturated rings. The number of aryl methyl sites for hydroxylation is 1. The molecule has 110 valence electrons. The molecule has 0 atom stereocenters. The highest BCUT2D eigenvalue weighted by Crippen LogP contribution is 2.10. The summed E-state index contributed by atoms with van der Waals surface area (Å²) in [5.41, 5.74) is 0. The van der Waals surface area contributed by atoms with Gasteiger partial charge in [-0.05, 0) is 31.4 Å². The van der Waals surface area contributed by atoms with Gasteiger partial charge in [-0.15, -0.1) is 0 Å². The number of nitrogens with zero attached hydrogens (tertiary/aromatic N) is 2. The molecule has 0 aliphatic carbocycles. The second-order valence-corrected chi connectivity index (χ2v) is 6.76. The topological polar surface area (TPSA) is 4.93 Å². The van der Waals surface area contributed by atoms with Crippen molar-refractivity contribution in [2.24, 2.45) is 0 Å². The fraction of sp³-hybridized carbons (Fsp3) is 0.765. The standard InChI is InChI=1S/C17H33N2/c1-19(2,3)17-13-9-7-5-4-6-8-10-14-18-15-11-12-16-18/h11-12,15-16H,4-10,13-14,17H2,1-3H3/q+1. The van der Waals surface area contributed by atoms with E-state index in [4.69, 9.17) is 0 Å². The molecule has 0 radical (unpaired) electrons. The van der Waals surface area contributed by atoms with Crippen molar-refractivity contribution in [1.29, 1.82) is 0 Å². The van der Waals surface area contributed by atoms with Crippen LogP contribution in [0.25, 0.3) is 0 Å². The largest absolute Gasteiger partial charge is 0.354 e. The molecule has 19 heavy (non-hydrogen) atoms. The van der Waals surface area contributed by atoms with Crippen LogP contribution < -0.4 is 0 Å². The molecule has 0 amide bonds. The highest BCUT2D eigenvalue weighted by molar-refractivity contribution is 4.89. The van der Waals surface area contributed by atoms with Gasteiger partial charge in [0.2, 0.25) is 0 Å². The first kappa shape index (κ1) is 16.3. The minimum atomic E-state index is 1.11. The summed E-state index contributed by atoms with van der Waals surface area (Å²) in [5, 5.41) is 0. The van der Waals surface area contributed by atoms with Gasteiger partial charge < -0.3 is 9.05 Å². The zero-order valence-electron chi connectivity index (χ0n) is 13.3. The Morgan fingerprint density at radius 1 is 0.684 bits per heavy atom. The first-order chi connectivity index (χ1) is 9.08. The summed E-state index contributed by atoms with van der Waals surface area (Å²) >= 11 is 0. The second kappa shape index (κ2) is 9.19. The van der Waals surface area contributed by atoms with Crippen molar-refractivity contribution in [2.45, 2.75) is 57.9 Å². The Kier molecular flexibility index (Phi) is 7.88. The monoisotopic (exact) mass is 265 g/mol. The highest BCUT2D eigenvalue weighted by Gasteiger charge is 2.04. The lowest BCUT2D eigenvalue weighted by Crippen LogP contribution is -2.35. The van der Waals surface area contributed by atoms with Crippen LogP contribution in [-0.4, -0.2) is 36.7 Å². The van der Waals surface area contributed by atoms with Crippen LogP contribution in [-0.2, 0) is 6.54 Å². The van der Waals surface area contributed by atoms with Crippen LogP contribution in [0, 0.1) is 0 Å². The van der Waals surface area contributed by atoms with E-state index in [1.165, 1.54) is 64.5 Å². The Hall–Kier alpha value is -0.760. The van der Waals surface area contributed by atoms with Crippen LogP contribution in [0.15, 0.2) is 24.5 Å². The number of hydrogen-bond donors (Lipinski definition) is 0. The highest BCUT2D eigenvalue weighted by atomic mass is 15.3. The molecule has 2 heteroatoms. The van der Waals surface area contributed by atoms with Gasteiger partial charge in [-0.1, -0.05) is 32.1 Å². The Morgan fingerprint density at radius 3 is 1.68 bits per heavy atom. The van der Waals surface area contributed by atoms with Gasteiger partial charge in [-0.2, -0.15) is 0 Å². The van der Waals surface area contributed by atoms with Crippen LogP contribution in [0.3, 0.4) is 0 Å². The fourth-order valence-corrected chi connectivity index (χ4v) is 2.46. The molecule has 0 unspecified atom stereocenters. The van der Waals surface area contributed by atoms with Gasteiger partial charge in [0.15, 0.2) is 0 Å². The zero-order valence-corrected chi connectivity index (χ0v) is 13.3. The summed E-state index contributed by atoms with van der Waals surface area (Å²) in [7, 11) is 6.85. The molecular formula is C17H33N2+. The Labute approximate surface area is 120 Å². The molecule has 2 nitrogen and oxygen atoms in total. The van der Waals surface area contributed by atoms with Crippen molar-refractivity contribution in [3.05, 3.63) is 24.5 Å². The van der Waals surface area contributed by atoms with Crippen molar-refractivity contribution in [3.63, 3.8) is 0 Å². The summed E-state index contributed by atoms with van der Waals surface area (Å²) in [6.07, 6.45) is 15.5. The van der Waals surface area contributed by atoms with Crippen LogP contribution in [0.2, 0.25) is 0 Å². The maximum Gasteiger partial charge on any atom is 0.0780 e. The molecule has 0 aliphatic heterocycles. The lowest BCUT2D eigenvalue weighted by Gasteiger charge is -2.23. The van der Waals surface area contributed by atoms with Crippen LogP contribution >= 0.6 is 0 Å². The van der Waals surface area contributed by atoms with E-state index in [-0.39, 0.29) is 0 Å². The average molecular weight is 265 g/mol. The number of hydrogen-bond acceptors (Lipinski definition) is 0. The van der Waals surface area contributed by atoms with E-state index in [1.54, 1.807) is 0 Å². The van der Waals surface area contributed by atoms with E-state index in [0.717, 1.165) is 4.48 Å². The normalized spacial score (nSPS) is 11.9. The first-order valence-corrected chi connectivity index (χ1v) is 7.99. The van der Waals surface area contributed by atoms with Gasteiger partial charge in [-0.3, -0.25) is 0 Å². The summed E-state index contributed by atoms with van der Waals surface area (Å²) < 4.78 is 3.39. The minimum Gasteiger partial charge on any atom is -0.354 e. The van der Waals surface area contributed by atoms with Crippen molar-refractivity contribution in [3.8, 4) is 0 Å². The third-order valence-electron chi connectivity index (χ3n) is 3.66. The molecule has 0 saturated heterocycles. The average Bonchev–Trinajstić information content (AvgIpc) is 2.83. The van der Waals surface area contributed by atoms with E-state index >= 15 is 0 Å². The van der Waals surface area contributed by atoms with E-state index in [0.29, 0.717) is 0 Å². The van der Waals surface area contributed by atoms with Gasteiger partial charge in [0.05, 0.1) is 27.7 Å². The molecule has 0 aliphatic rings. The zero-order chi connectivity index (χ0) is 14.0. The molecule has 1 aromatic heterocycles. The van der Waals surface area contributed by atoms with Gasteiger partial charge in [0, 0.05) is 18.9 Å². The number of quaternary nitrogens is 1. The molecule has 1 rings (SSSR count). The minimum absolute atomic E-state index is 1.11. The number of rotatable bonds is 11. The van der Waals surface area contributed by atoms with Crippen LogP contribution in [0.4, 0.5) is 0 Å². The third-order valence-corrected chi connectivity index (χ3v) is 3.66. The van der Waals surface area contributed by atoms with Gasteiger partial charge in [0.25, 0.3) is 0 Å². The van der Waals surface area contributed by atoms with Gasteiger partial charge in [0.1, 0.15) is 0 Å². The number of unbranched alkanes of at least 4 members (excludes halogenated alkanes) is 7. The first-order valence-electron chi connectivity index (χ1n) is 7.99. The maximum atomic E-state index is 2.28. The molecule has 0 N–H and O–H groups in total. The predicted octanol–water partition coefficient (Wildman–Crippen LogP) is 4.32. The summed E-state index contributed by atoms with van der Waals surface area (Å²) in [4.78, 5) is 0. The molecule has 0 saturated carbocycles. The molecule has 1 heterocycles. The van der Waals surface area contributed by atoms with E-state index in [1.807, 2.05) is 0 Å². The lowest BCUT2D eigenvalue weighted by atomic mass is 10.1. The SMILES string of the molecule is C[N+](C)(C)CCCCCCCCCCn1cccc1. The maximum absolute atomic E-state index is 2.28. The van der Waals surface area contributed by atoms with Crippen molar-refractivity contribution in [2.75, 3.05) is 27.7 Å². The lowest BCUT2D eigenvalue weighted by molar-refractivity contribution is -0.870. The quantitative estimate of drug-likeness (QED) is 0.415. The molecule has 0 bridgehead atoms. The predicted molar refractivity (Wildman–Crippen MR) is 84.3 cm³/mol. The number of aromatic nitrogens is 1. The third kappa shape index (κ3) is 9.77. The summed E-state index contributed by atoms with van der Waals surface area (Å²) in [5.74, 6) is 0.